The molecule has 6 heteroatoms. The molecule has 1 saturated heterocycles. The molecule has 108 valence electrons. The fourth-order valence-corrected chi connectivity index (χ4v) is 2.70. The van der Waals surface area contributed by atoms with Gasteiger partial charge >= 0.3 is 5.97 Å². The number of rotatable bonds is 4. The van der Waals surface area contributed by atoms with Crippen LogP contribution in [0.2, 0.25) is 0 Å². The monoisotopic (exact) mass is 280 g/mol. The van der Waals surface area contributed by atoms with E-state index in [-0.39, 0.29) is 12.2 Å². The molecule has 0 aromatic carbocycles. The third-order valence-corrected chi connectivity index (χ3v) is 3.76. The Morgan fingerprint density at radius 3 is 2.85 bits per heavy atom. The number of amides is 1. The molecule has 5 nitrogen and oxygen atoms in total. The molecule has 2 rings (SSSR count). The highest BCUT2D eigenvalue weighted by molar-refractivity contribution is 5.93. The second kappa shape index (κ2) is 5.56. The van der Waals surface area contributed by atoms with Crippen molar-refractivity contribution in [2.45, 2.75) is 26.2 Å². The Hall–Kier alpha value is -1.98. The maximum atomic E-state index is 13.0. The van der Waals surface area contributed by atoms with E-state index in [0.29, 0.717) is 19.4 Å². The van der Waals surface area contributed by atoms with Crippen LogP contribution in [0.1, 0.15) is 36.7 Å². The Bertz CT molecular complexity index is 535. The van der Waals surface area contributed by atoms with Gasteiger partial charge in [0.15, 0.2) is 0 Å². The van der Waals surface area contributed by atoms with E-state index in [9.17, 15) is 19.1 Å². The Morgan fingerprint density at radius 1 is 1.50 bits per heavy atom. The summed E-state index contributed by atoms with van der Waals surface area (Å²) in [5, 5.41) is 9.40. The number of aromatic nitrogens is 1. The van der Waals surface area contributed by atoms with Gasteiger partial charge in [-0.1, -0.05) is 19.4 Å². The number of likely N-dealkylation sites (tertiary alicyclic amines) is 1. The average Bonchev–Trinajstić information content (AvgIpc) is 2.84. The molecule has 1 unspecified atom stereocenters. The first-order chi connectivity index (χ1) is 9.48. The molecular weight excluding hydrogens is 263 g/mol. The lowest BCUT2D eigenvalue weighted by atomic mass is 9.83. The first-order valence-electron chi connectivity index (χ1n) is 6.64. The van der Waals surface area contributed by atoms with Crippen molar-refractivity contribution in [3.8, 4) is 0 Å². The van der Waals surface area contributed by atoms with Crippen LogP contribution >= 0.6 is 0 Å². The number of hydrogen-bond donors (Lipinski definition) is 1. The van der Waals surface area contributed by atoms with E-state index in [2.05, 4.69) is 4.98 Å². The summed E-state index contributed by atoms with van der Waals surface area (Å²) in [5.41, 5.74) is -0.861. The van der Waals surface area contributed by atoms with Gasteiger partial charge in [-0.25, -0.2) is 4.98 Å². The third kappa shape index (κ3) is 2.64. The maximum Gasteiger partial charge on any atom is 0.311 e. The minimum absolute atomic E-state index is 0.0164. The average molecular weight is 280 g/mol. The Labute approximate surface area is 116 Å². The van der Waals surface area contributed by atoms with Gasteiger partial charge in [-0.2, -0.15) is 4.39 Å². The predicted octanol–water partition coefficient (Wildman–Crippen LogP) is 1.94. The molecule has 1 N–H and O–H groups in total. The number of halogens is 1. The lowest BCUT2D eigenvalue weighted by molar-refractivity contribution is -0.148. The summed E-state index contributed by atoms with van der Waals surface area (Å²) >= 11 is 0. The van der Waals surface area contributed by atoms with E-state index >= 15 is 0 Å². The highest BCUT2D eigenvalue weighted by Crippen LogP contribution is 2.36. The van der Waals surface area contributed by atoms with Gasteiger partial charge in [-0.15, -0.1) is 0 Å². The third-order valence-electron chi connectivity index (χ3n) is 3.76. The van der Waals surface area contributed by atoms with Gasteiger partial charge < -0.3 is 10.0 Å². The summed E-state index contributed by atoms with van der Waals surface area (Å²) in [5.74, 6) is -2.00. The van der Waals surface area contributed by atoms with E-state index in [1.54, 1.807) is 0 Å². The second-order valence-electron chi connectivity index (χ2n) is 5.16. The van der Waals surface area contributed by atoms with E-state index in [1.165, 1.54) is 23.1 Å². The summed E-state index contributed by atoms with van der Waals surface area (Å²) in [6, 6.07) is 4.02. The summed E-state index contributed by atoms with van der Waals surface area (Å²) in [6.45, 7) is 2.44. The smallest absolute Gasteiger partial charge is 0.311 e. The maximum absolute atomic E-state index is 13.0. The molecule has 1 atom stereocenters. The number of carboxylic acids is 1. The van der Waals surface area contributed by atoms with Gasteiger partial charge in [0, 0.05) is 13.1 Å². The van der Waals surface area contributed by atoms with E-state index < -0.39 is 23.2 Å². The summed E-state index contributed by atoms with van der Waals surface area (Å²) in [6.07, 6.45) is 1.70. The summed E-state index contributed by atoms with van der Waals surface area (Å²) < 4.78 is 13.0. The molecule has 20 heavy (non-hydrogen) atoms. The standard InChI is InChI=1S/C14H17FN2O3/c1-2-6-14(13(19)20)7-8-17(9-14)12(18)10-4-3-5-11(15)16-10/h3-5H,2,6-9H2,1H3,(H,19,20). The van der Waals surface area contributed by atoms with Crippen LogP contribution in [-0.2, 0) is 4.79 Å². The van der Waals surface area contributed by atoms with Gasteiger partial charge in [-0.05, 0) is 25.0 Å². The van der Waals surface area contributed by atoms with Crippen LogP contribution in [0.5, 0.6) is 0 Å². The largest absolute Gasteiger partial charge is 0.481 e. The molecule has 0 spiro atoms. The molecular formula is C14H17FN2O3. The number of nitrogens with zero attached hydrogens (tertiary/aromatic N) is 2. The van der Waals surface area contributed by atoms with Crippen LogP contribution in [0, 0.1) is 11.4 Å². The number of carbonyl (C=O) groups excluding carboxylic acids is 1. The number of carbonyl (C=O) groups is 2. The molecule has 1 aliphatic heterocycles. The van der Waals surface area contributed by atoms with Gasteiger partial charge in [0.05, 0.1) is 5.41 Å². The zero-order valence-corrected chi connectivity index (χ0v) is 11.3. The minimum Gasteiger partial charge on any atom is -0.481 e. The van der Waals surface area contributed by atoms with Crippen LogP contribution < -0.4 is 0 Å². The van der Waals surface area contributed by atoms with E-state index in [1.807, 2.05) is 6.92 Å². The molecule has 0 saturated carbocycles. The van der Waals surface area contributed by atoms with Crippen LogP contribution in [0.4, 0.5) is 4.39 Å². The number of hydrogen-bond acceptors (Lipinski definition) is 3. The Morgan fingerprint density at radius 2 is 2.25 bits per heavy atom. The van der Waals surface area contributed by atoms with Crippen molar-refractivity contribution in [3.63, 3.8) is 0 Å². The lowest BCUT2D eigenvalue weighted by Gasteiger charge is -2.24. The molecule has 1 aliphatic rings. The lowest BCUT2D eigenvalue weighted by Crippen LogP contribution is -2.37. The van der Waals surface area contributed by atoms with Crippen molar-refractivity contribution in [2.24, 2.45) is 5.41 Å². The molecule has 1 aromatic heterocycles. The molecule has 1 aromatic rings. The van der Waals surface area contributed by atoms with E-state index in [0.717, 1.165) is 6.42 Å². The zero-order valence-electron chi connectivity index (χ0n) is 11.3. The van der Waals surface area contributed by atoms with Crippen molar-refractivity contribution in [2.75, 3.05) is 13.1 Å². The Balaban J connectivity index is 2.16. The minimum atomic E-state index is -0.877. The van der Waals surface area contributed by atoms with Crippen molar-refractivity contribution in [3.05, 3.63) is 29.8 Å². The molecule has 1 amide bonds. The topological polar surface area (TPSA) is 70.5 Å². The molecule has 1 fully saturated rings. The van der Waals surface area contributed by atoms with E-state index in [4.69, 9.17) is 0 Å². The first-order valence-corrected chi connectivity index (χ1v) is 6.64. The normalized spacial score (nSPS) is 22.0. The van der Waals surface area contributed by atoms with Crippen LogP contribution in [-0.4, -0.2) is 40.0 Å². The number of aliphatic carboxylic acids is 1. The van der Waals surface area contributed by atoms with Crippen LogP contribution in [0.3, 0.4) is 0 Å². The van der Waals surface area contributed by atoms with Gasteiger partial charge in [-0.3, -0.25) is 9.59 Å². The summed E-state index contributed by atoms with van der Waals surface area (Å²) in [7, 11) is 0. The van der Waals surface area contributed by atoms with Gasteiger partial charge in [0.25, 0.3) is 5.91 Å². The highest BCUT2D eigenvalue weighted by Gasteiger charge is 2.45. The Kier molecular flexibility index (Phi) is 4.01. The predicted molar refractivity (Wildman–Crippen MR) is 69.7 cm³/mol. The second-order valence-corrected chi connectivity index (χ2v) is 5.16. The molecule has 0 aliphatic carbocycles. The van der Waals surface area contributed by atoms with Gasteiger partial charge in [0.2, 0.25) is 5.95 Å². The molecule has 0 radical (unpaired) electrons. The van der Waals surface area contributed by atoms with Crippen LogP contribution in [0.15, 0.2) is 18.2 Å². The first kappa shape index (κ1) is 14.4. The SMILES string of the molecule is CCCC1(C(=O)O)CCN(C(=O)c2cccc(F)n2)C1. The van der Waals surface area contributed by atoms with Crippen molar-refractivity contribution in [1.82, 2.24) is 9.88 Å². The number of carboxylic acid groups (broad SMARTS) is 1. The number of pyridine rings is 1. The zero-order chi connectivity index (χ0) is 14.8. The summed E-state index contributed by atoms with van der Waals surface area (Å²) in [4.78, 5) is 28.7. The fourth-order valence-electron chi connectivity index (χ4n) is 2.70. The molecule has 2 heterocycles. The molecule has 0 bridgehead atoms. The highest BCUT2D eigenvalue weighted by atomic mass is 19.1. The van der Waals surface area contributed by atoms with Crippen molar-refractivity contribution < 1.29 is 19.1 Å². The van der Waals surface area contributed by atoms with Crippen LogP contribution in [0.25, 0.3) is 0 Å². The van der Waals surface area contributed by atoms with Gasteiger partial charge in [0.1, 0.15) is 5.69 Å². The van der Waals surface area contributed by atoms with Crippen molar-refractivity contribution >= 4 is 11.9 Å². The quantitative estimate of drug-likeness (QED) is 0.856. The fraction of sp³-hybridized carbons (Fsp3) is 0.500. The van der Waals surface area contributed by atoms with Crippen molar-refractivity contribution in [1.29, 1.82) is 0 Å².